The van der Waals surface area contributed by atoms with E-state index in [0.717, 1.165) is 56.6 Å². The summed E-state index contributed by atoms with van der Waals surface area (Å²) in [4.78, 5) is 34.4. The number of carbonyl (C=O) groups excluding carboxylic acids is 1. The Morgan fingerprint density at radius 1 is 1.14 bits per heavy atom. The van der Waals surface area contributed by atoms with Gasteiger partial charge in [-0.05, 0) is 62.6 Å². The smallest absolute Gasteiger partial charge is 0.274 e. The summed E-state index contributed by atoms with van der Waals surface area (Å²) in [6, 6.07) is 12.0. The molecule has 2 aliphatic rings. The Labute approximate surface area is 210 Å². The molecule has 1 amide bonds. The minimum atomic E-state index is -0.405. The Balaban J connectivity index is 1.15. The van der Waals surface area contributed by atoms with Crippen LogP contribution < -0.4 is 15.8 Å². The molecule has 2 aromatic heterocycles. The molecule has 1 aromatic carbocycles. The number of aromatic nitrogens is 3. The van der Waals surface area contributed by atoms with E-state index in [0.29, 0.717) is 17.4 Å². The predicted molar refractivity (Wildman–Crippen MR) is 139 cm³/mol. The first-order chi connectivity index (χ1) is 17.0. The average Bonchev–Trinajstić information content (AvgIpc) is 3.29. The van der Waals surface area contributed by atoms with Crippen LogP contribution in [0.4, 0.5) is 5.13 Å². The molecule has 5 rings (SSSR count). The maximum atomic E-state index is 13.0. The van der Waals surface area contributed by atoms with Gasteiger partial charge in [-0.3, -0.25) is 9.59 Å². The number of anilines is 1. The molecule has 8 nitrogen and oxygen atoms in total. The Morgan fingerprint density at radius 2 is 1.94 bits per heavy atom. The van der Waals surface area contributed by atoms with E-state index in [9.17, 15) is 9.59 Å². The van der Waals surface area contributed by atoms with Crippen LogP contribution in [0.5, 0.6) is 0 Å². The first kappa shape index (κ1) is 23.9. The summed E-state index contributed by atoms with van der Waals surface area (Å²) in [6.07, 6.45) is 5.85. The SMILES string of the molecule is C[C@@H]1CCCN(c2nn3c(C(=O)NCCN4CCC(Cc5ccccc5)CC4)cc(=O)nc3s2)C1. The Bertz CT molecular complexity index is 1200. The van der Waals surface area contributed by atoms with Crippen molar-refractivity contribution < 1.29 is 4.79 Å². The molecule has 2 saturated heterocycles. The highest BCUT2D eigenvalue weighted by Crippen LogP contribution is 2.27. The lowest BCUT2D eigenvalue weighted by Gasteiger charge is -2.32. The van der Waals surface area contributed by atoms with Gasteiger partial charge in [-0.1, -0.05) is 48.6 Å². The van der Waals surface area contributed by atoms with E-state index in [4.69, 9.17) is 0 Å². The van der Waals surface area contributed by atoms with Crippen molar-refractivity contribution in [2.45, 2.75) is 39.0 Å². The molecule has 0 saturated carbocycles. The predicted octanol–water partition coefficient (Wildman–Crippen LogP) is 3.07. The van der Waals surface area contributed by atoms with Crippen molar-refractivity contribution in [1.29, 1.82) is 0 Å². The summed E-state index contributed by atoms with van der Waals surface area (Å²) in [5, 5.41) is 8.48. The standard InChI is InChI=1S/C26H34N6O2S/c1-19-6-5-12-31(18-19)26-29-32-22(17-23(33)28-25(32)35-26)24(34)27-11-15-30-13-9-21(10-14-30)16-20-7-3-2-4-8-20/h2-4,7-8,17,19,21H,5-6,9-16,18H2,1H3,(H,27,34)/t19-/m1/s1. The van der Waals surface area contributed by atoms with Crippen molar-refractivity contribution in [3.8, 4) is 0 Å². The van der Waals surface area contributed by atoms with Crippen molar-refractivity contribution in [1.82, 2.24) is 24.8 Å². The second kappa shape index (κ2) is 10.9. The van der Waals surface area contributed by atoms with Crippen molar-refractivity contribution >= 4 is 27.3 Å². The molecule has 3 aromatic rings. The molecule has 9 heteroatoms. The van der Waals surface area contributed by atoms with E-state index in [1.54, 1.807) is 0 Å². The minimum Gasteiger partial charge on any atom is -0.349 e. The number of nitrogens with zero attached hydrogens (tertiary/aromatic N) is 5. The Hall–Kier alpha value is -2.78. The largest absolute Gasteiger partial charge is 0.349 e. The molecular formula is C26H34N6O2S. The summed E-state index contributed by atoms with van der Waals surface area (Å²) >= 11 is 1.38. The fourth-order valence-electron chi connectivity index (χ4n) is 5.24. The number of likely N-dealkylation sites (tertiary alicyclic amines) is 1. The zero-order chi connectivity index (χ0) is 24.2. The Kier molecular flexibility index (Phi) is 7.43. The number of hydrogen-bond donors (Lipinski definition) is 1. The second-order valence-electron chi connectivity index (χ2n) is 9.98. The van der Waals surface area contributed by atoms with Gasteiger partial charge in [0.05, 0.1) is 0 Å². The van der Waals surface area contributed by atoms with E-state index in [-0.39, 0.29) is 11.6 Å². The summed E-state index contributed by atoms with van der Waals surface area (Å²) in [6.45, 7) is 7.58. The topological polar surface area (TPSA) is 82.8 Å². The molecule has 4 heterocycles. The first-order valence-corrected chi connectivity index (χ1v) is 13.6. The molecule has 2 fully saturated rings. The molecule has 0 bridgehead atoms. The number of carbonyl (C=O) groups is 1. The summed E-state index contributed by atoms with van der Waals surface area (Å²) in [5.41, 5.74) is 1.27. The van der Waals surface area contributed by atoms with Gasteiger partial charge in [0.15, 0.2) is 0 Å². The molecule has 1 atom stereocenters. The monoisotopic (exact) mass is 494 g/mol. The molecule has 0 unspecified atom stereocenters. The third kappa shape index (κ3) is 5.90. The van der Waals surface area contributed by atoms with Crippen LogP contribution >= 0.6 is 11.3 Å². The van der Waals surface area contributed by atoms with Crippen molar-refractivity contribution in [3.63, 3.8) is 0 Å². The number of rotatable bonds is 7. The number of piperidine rings is 2. The number of fused-ring (bicyclic) bond motifs is 1. The van der Waals surface area contributed by atoms with Crippen LogP contribution in [-0.4, -0.2) is 64.7 Å². The normalized spacial score (nSPS) is 19.8. The molecule has 0 spiro atoms. The summed E-state index contributed by atoms with van der Waals surface area (Å²) < 4.78 is 1.53. The minimum absolute atomic E-state index is 0.258. The number of amides is 1. The van der Waals surface area contributed by atoms with Crippen LogP contribution in [0, 0.1) is 11.8 Å². The van der Waals surface area contributed by atoms with E-state index in [1.165, 1.54) is 46.7 Å². The van der Waals surface area contributed by atoms with E-state index < -0.39 is 5.56 Å². The first-order valence-electron chi connectivity index (χ1n) is 12.8. The second-order valence-corrected chi connectivity index (χ2v) is 10.9. The fraction of sp³-hybridized carbons (Fsp3) is 0.538. The molecular weight excluding hydrogens is 460 g/mol. The molecule has 0 aliphatic carbocycles. The average molecular weight is 495 g/mol. The maximum Gasteiger partial charge on any atom is 0.274 e. The van der Waals surface area contributed by atoms with Crippen LogP contribution in [0.3, 0.4) is 0 Å². The van der Waals surface area contributed by atoms with Gasteiger partial charge in [-0.15, -0.1) is 5.10 Å². The lowest BCUT2D eigenvalue weighted by atomic mass is 9.90. The van der Waals surface area contributed by atoms with Crippen LogP contribution in [0.2, 0.25) is 0 Å². The highest BCUT2D eigenvalue weighted by atomic mass is 32.1. The fourth-order valence-corrected chi connectivity index (χ4v) is 6.18. The molecule has 186 valence electrons. The molecule has 35 heavy (non-hydrogen) atoms. The van der Waals surface area contributed by atoms with Gasteiger partial charge in [0.2, 0.25) is 10.1 Å². The highest BCUT2D eigenvalue weighted by Gasteiger charge is 2.23. The lowest BCUT2D eigenvalue weighted by Crippen LogP contribution is -2.40. The summed E-state index contributed by atoms with van der Waals surface area (Å²) in [7, 11) is 0. The van der Waals surface area contributed by atoms with Gasteiger partial charge in [0.25, 0.3) is 11.5 Å². The van der Waals surface area contributed by atoms with E-state index in [2.05, 4.69) is 62.5 Å². The quantitative estimate of drug-likeness (QED) is 0.544. The van der Waals surface area contributed by atoms with E-state index >= 15 is 0 Å². The third-order valence-corrected chi connectivity index (χ3v) is 8.16. The molecule has 0 radical (unpaired) electrons. The molecule has 2 aliphatic heterocycles. The highest BCUT2D eigenvalue weighted by molar-refractivity contribution is 7.20. The van der Waals surface area contributed by atoms with Gasteiger partial charge < -0.3 is 15.1 Å². The third-order valence-electron chi connectivity index (χ3n) is 7.19. The van der Waals surface area contributed by atoms with Gasteiger partial charge in [0, 0.05) is 32.2 Å². The van der Waals surface area contributed by atoms with E-state index in [1.807, 2.05) is 0 Å². The number of benzene rings is 1. The number of hydrogen-bond acceptors (Lipinski definition) is 7. The van der Waals surface area contributed by atoms with Crippen molar-refractivity contribution in [3.05, 3.63) is 58.0 Å². The van der Waals surface area contributed by atoms with Crippen LogP contribution in [0.1, 0.15) is 48.7 Å². The van der Waals surface area contributed by atoms with Crippen LogP contribution in [0.15, 0.2) is 41.2 Å². The number of nitrogens with one attached hydrogen (secondary N) is 1. The van der Waals surface area contributed by atoms with Gasteiger partial charge in [-0.2, -0.15) is 9.50 Å². The zero-order valence-corrected chi connectivity index (χ0v) is 21.2. The van der Waals surface area contributed by atoms with Crippen molar-refractivity contribution in [2.24, 2.45) is 11.8 Å². The lowest BCUT2D eigenvalue weighted by molar-refractivity contribution is 0.0936. The van der Waals surface area contributed by atoms with Gasteiger partial charge in [0.1, 0.15) is 5.69 Å². The Morgan fingerprint density at radius 3 is 2.71 bits per heavy atom. The van der Waals surface area contributed by atoms with Gasteiger partial charge >= 0.3 is 0 Å². The van der Waals surface area contributed by atoms with Crippen LogP contribution in [-0.2, 0) is 6.42 Å². The summed E-state index contributed by atoms with van der Waals surface area (Å²) in [5.74, 6) is 1.05. The zero-order valence-electron chi connectivity index (χ0n) is 20.4. The molecule has 1 N–H and O–H groups in total. The maximum absolute atomic E-state index is 13.0. The van der Waals surface area contributed by atoms with Crippen molar-refractivity contribution in [2.75, 3.05) is 44.2 Å². The van der Waals surface area contributed by atoms with Gasteiger partial charge in [-0.25, -0.2) is 0 Å². The van der Waals surface area contributed by atoms with Crippen LogP contribution in [0.25, 0.3) is 4.96 Å².